The van der Waals surface area contributed by atoms with Gasteiger partial charge in [-0.3, -0.25) is 4.79 Å². The van der Waals surface area contributed by atoms with Gasteiger partial charge in [0.05, 0.1) is 6.04 Å². The third-order valence-corrected chi connectivity index (χ3v) is 3.37. The van der Waals surface area contributed by atoms with Crippen molar-refractivity contribution in [3.8, 4) is 0 Å². The average Bonchev–Trinajstić information content (AvgIpc) is 3.14. The predicted octanol–water partition coefficient (Wildman–Crippen LogP) is 3.15. The van der Waals surface area contributed by atoms with Gasteiger partial charge in [0.2, 0.25) is 5.91 Å². The van der Waals surface area contributed by atoms with Crippen LogP contribution in [0.5, 0.6) is 0 Å². The van der Waals surface area contributed by atoms with E-state index in [-0.39, 0.29) is 23.7 Å². The van der Waals surface area contributed by atoms with Gasteiger partial charge in [0, 0.05) is 12.5 Å². The number of hydrogen-bond acceptors (Lipinski definition) is 1. The highest BCUT2D eigenvalue weighted by Crippen LogP contribution is 2.33. The van der Waals surface area contributed by atoms with E-state index in [0.717, 1.165) is 18.4 Å². The normalized spacial score (nSPS) is 16.6. The van der Waals surface area contributed by atoms with Gasteiger partial charge in [-0.2, -0.15) is 0 Å². The molecule has 0 spiro atoms. The minimum atomic E-state index is -0.238. The summed E-state index contributed by atoms with van der Waals surface area (Å²) in [6.07, 6.45) is 2.04. The van der Waals surface area contributed by atoms with E-state index in [1.54, 1.807) is 12.1 Å². The summed E-state index contributed by atoms with van der Waals surface area (Å²) in [5.74, 6) is 0.236. The predicted molar refractivity (Wildman–Crippen MR) is 64.9 cm³/mol. The Morgan fingerprint density at radius 2 is 2.00 bits per heavy atom. The van der Waals surface area contributed by atoms with E-state index in [0.29, 0.717) is 6.54 Å². The minimum absolute atomic E-state index is 0.0219. The molecule has 0 radical (unpaired) electrons. The van der Waals surface area contributed by atoms with Gasteiger partial charge in [-0.1, -0.05) is 12.1 Å². The molecule has 1 saturated carbocycles. The first kappa shape index (κ1) is 12.1. The fraction of sp³-hybridized carbons (Fsp3) is 0.500. The summed E-state index contributed by atoms with van der Waals surface area (Å²) in [5.41, 5.74) is 0.988. The molecule has 1 unspecified atom stereocenters. The van der Waals surface area contributed by atoms with E-state index in [4.69, 9.17) is 0 Å². The second-order valence-corrected chi connectivity index (χ2v) is 4.63. The maximum Gasteiger partial charge on any atom is 0.226 e. The van der Waals surface area contributed by atoms with Gasteiger partial charge in [-0.15, -0.1) is 0 Å². The summed E-state index contributed by atoms with van der Waals surface area (Å²) in [7, 11) is 0. The molecule has 1 aliphatic rings. The first-order valence-electron chi connectivity index (χ1n) is 6.19. The lowest BCUT2D eigenvalue weighted by Gasteiger charge is -2.28. The molecule has 92 valence electrons. The van der Waals surface area contributed by atoms with Gasteiger partial charge >= 0.3 is 0 Å². The van der Waals surface area contributed by atoms with Crippen molar-refractivity contribution in [1.29, 1.82) is 0 Å². The van der Waals surface area contributed by atoms with Gasteiger partial charge in [0.25, 0.3) is 0 Å². The van der Waals surface area contributed by atoms with Gasteiger partial charge in [0.15, 0.2) is 0 Å². The van der Waals surface area contributed by atoms with E-state index in [9.17, 15) is 9.18 Å². The van der Waals surface area contributed by atoms with Crippen molar-refractivity contribution < 1.29 is 9.18 Å². The molecule has 0 aliphatic heterocycles. The molecule has 1 fully saturated rings. The Morgan fingerprint density at radius 1 is 1.41 bits per heavy atom. The third-order valence-electron chi connectivity index (χ3n) is 3.37. The summed E-state index contributed by atoms with van der Waals surface area (Å²) in [6, 6.07) is 6.42. The van der Waals surface area contributed by atoms with Crippen molar-refractivity contribution in [2.24, 2.45) is 5.92 Å². The zero-order valence-corrected chi connectivity index (χ0v) is 10.3. The number of nitrogens with zero attached hydrogens (tertiary/aromatic N) is 1. The number of rotatable bonds is 4. The maximum absolute atomic E-state index is 12.8. The molecule has 3 heteroatoms. The molecule has 17 heavy (non-hydrogen) atoms. The Kier molecular flexibility index (Phi) is 3.46. The third kappa shape index (κ3) is 2.65. The molecule has 1 aromatic carbocycles. The van der Waals surface area contributed by atoms with Gasteiger partial charge in [-0.25, -0.2) is 4.39 Å². The van der Waals surface area contributed by atoms with Crippen LogP contribution in [-0.2, 0) is 4.79 Å². The summed E-state index contributed by atoms with van der Waals surface area (Å²) in [5, 5.41) is 0. The van der Waals surface area contributed by atoms with Crippen LogP contribution in [-0.4, -0.2) is 17.4 Å². The van der Waals surface area contributed by atoms with E-state index >= 15 is 0 Å². The quantitative estimate of drug-likeness (QED) is 0.785. The molecule has 2 nitrogen and oxygen atoms in total. The molecule has 0 aromatic heterocycles. The number of carbonyl (C=O) groups is 1. The standard InChI is InChI=1S/C14H18FNO/c1-3-16(14(17)12-4-5-12)10(2)11-6-8-13(15)9-7-11/h6-10,12H,3-5H2,1-2H3. The lowest BCUT2D eigenvalue weighted by molar-refractivity contribution is -0.134. The zero-order valence-electron chi connectivity index (χ0n) is 10.3. The van der Waals surface area contributed by atoms with Crippen molar-refractivity contribution in [1.82, 2.24) is 4.90 Å². The SMILES string of the molecule is CCN(C(=O)C1CC1)C(C)c1ccc(F)cc1. The maximum atomic E-state index is 12.8. The van der Waals surface area contributed by atoms with E-state index in [2.05, 4.69) is 0 Å². The number of halogens is 1. The van der Waals surface area contributed by atoms with Crippen molar-refractivity contribution in [2.45, 2.75) is 32.7 Å². The Hall–Kier alpha value is -1.38. The molecule has 1 aliphatic carbocycles. The summed E-state index contributed by atoms with van der Waals surface area (Å²) in [4.78, 5) is 13.9. The summed E-state index contributed by atoms with van der Waals surface area (Å²) in [6.45, 7) is 4.69. The highest BCUT2D eigenvalue weighted by molar-refractivity contribution is 5.81. The monoisotopic (exact) mass is 235 g/mol. The van der Waals surface area contributed by atoms with Gasteiger partial charge in [-0.05, 0) is 44.4 Å². The number of hydrogen-bond donors (Lipinski definition) is 0. The molecular weight excluding hydrogens is 217 g/mol. The summed E-state index contributed by atoms with van der Waals surface area (Å²) < 4.78 is 12.8. The van der Waals surface area contributed by atoms with Crippen LogP contribution in [0.2, 0.25) is 0 Å². The van der Waals surface area contributed by atoms with Gasteiger partial charge in [0.1, 0.15) is 5.82 Å². The highest BCUT2D eigenvalue weighted by atomic mass is 19.1. The lowest BCUT2D eigenvalue weighted by Crippen LogP contribution is -2.34. The van der Waals surface area contributed by atoms with Crippen molar-refractivity contribution >= 4 is 5.91 Å². The Bertz CT molecular complexity index is 397. The van der Waals surface area contributed by atoms with Crippen LogP contribution in [0.25, 0.3) is 0 Å². The number of carbonyl (C=O) groups excluding carboxylic acids is 1. The largest absolute Gasteiger partial charge is 0.336 e. The fourth-order valence-electron chi connectivity index (χ4n) is 2.11. The van der Waals surface area contributed by atoms with Crippen molar-refractivity contribution in [3.05, 3.63) is 35.6 Å². The van der Waals surface area contributed by atoms with Crippen LogP contribution >= 0.6 is 0 Å². The zero-order chi connectivity index (χ0) is 12.4. The molecule has 0 N–H and O–H groups in total. The minimum Gasteiger partial charge on any atom is -0.336 e. The molecule has 1 atom stereocenters. The highest BCUT2D eigenvalue weighted by Gasteiger charge is 2.34. The van der Waals surface area contributed by atoms with E-state index in [1.807, 2.05) is 18.7 Å². The molecule has 0 saturated heterocycles. The molecular formula is C14H18FNO. The van der Waals surface area contributed by atoms with Gasteiger partial charge < -0.3 is 4.90 Å². The van der Waals surface area contributed by atoms with Crippen LogP contribution in [0.1, 0.15) is 38.3 Å². The Labute approximate surface area is 101 Å². The van der Waals surface area contributed by atoms with Crippen molar-refractivity contribution in [3.63, 3.8) is 0 Å². The second kappa shape index (κ2) is 4.86. The molecule has 0 heterocycles. The van der Waals surface area contributed by atoms with E-state index in [1.165, 1.54) is 12.1 Å². The topological polar surface area (TPSA) is 20.3 Å². The first-order chi connectivity index (χ1) is 8.13. The van der Waals surface area contributed by atoms with Crippen LogP contribution in [0, 0.1) is 11.7 Å². The second-order valence-electron chi connectivity index (χ2n) is 4.63. The Balaban J connectivity index is 2.13. The van der Waals surface area contributed by atoms with E-state index < -0.39 is 0 Å². The van der Waals surface area contributed by atoms with Crippen LogP contribution in [0.15, 0.2) is 24.3 Å². The van der Waals surface area contributed by atoms with Crippen LogP contribution in [0.4, 0.5) is 4.39 Å². The summed E-state index contributed by atoms with van der Waals surface area (Å²) >= 11 is 0. The Morgan fingerprint density at radius 3 is 2.47 bits per heavy atom. The van der Waals surface area contributed by atoms with Crippen LogP contribution in [0.3, 0.4) is 0 Å². The average molecular weight is 235 g/mol. The molecule has 0 bridgehead atoms. The molecule has 1 aromatic rings. The van der Waals surface area contributed by atoms with Crippen molar-refractivity contribution in [2.75, 3.05) is 6.54 Å². The number of benzene rings is 1. The fourth-order valence-corrected chi connectivity index (χ4v) is 2.11. The van der Waals surface area contributed by atoms with Crippen LogP contribution < -0.4 is 0 Å². The first-order valence-corrected chi connectivity index (χ1v) is 6.19. The lowest BCUT2D eigenvalue weighted by atomic mass is 10.1. The number of amides is 1. The smallest absolute Gasteiger partial charge is 0.226 e. The molecule has 1 amide bonds. The molecule has 2 rings (SSSR count).